The number of pyridine rings is 1. The van der Waals surface area contributed by atoms with Crippen LogP contribution in [0.5, 0.6) is 0 Å². The van der Waals surface area contributed by atoms with E-state index in [1.807, 2.05) is 31.3 Å². The van der Waals surface area contributed by atoms with Gasteiger partial charge in [-0.25, -0.2) is 15.0 Å². The second-order valence-electron chi connectivity index (χ2n) is 7.23. The van der Waals surface area contributed by atoms with Gasteiger partial charge in [-0.2, -0.15) is 0 Å². The molecule has 0 aromatic carbocycles. The standard InChI is InChI=1S/C20H25N7S/c1-14-23-18(12-19(24-14)27-10-6-16(7-11-27)26(2)3)25-20-22-13-17(28-20)15-4-8-21-9-5-15/h4-5,8-9,12-13,16H,6-7,10-11H2,1-3H3,(H,22,23,24,25). The van der Waals surface area contributed by atoms with Crippen molar-refractivity contribution in [3.8, 4) is 10.4 Å². The topological polar surface area (TPSA) is 70.1 Å². The summed E-state index contributed by atoms with van der Waals surface area (Å²) in [5.41, 5.74) is 1.11. The molecule has 0 aliphatic carbocycles. The summed E-state index contributed by atoms with van der Waals surface area (Å²) in [4.78, 5) is 23.5. The van der Waals surface area contributed by atoms with E-state index in [9.17, 15) is 0 Å². The first-order valence-electron chi connectivity index (χ1n) is 9.49. The highest BCUT2D eigenvalue weighted by Gasteiger charge is 2.22. The molecule has 0 atom stereocenters. The zero-order valence-electron chi connectivity index (χ0n) is 16.5. The van der Waals surface area contributed by atoms with E-state index >= 15 is 0 Å². The third-order valence-corrected chi connectivity index (χ3v) is 6.01. The second kappa shape index (κ2) is 8.20. The third-order valence-electron chi connectivity index (χ3n) is 5.05. The van der Waals surface area contributed by atoms with Crippen LogP contribution in [0.3, 0.4) is 0 Å². The summed E-state index contributed by atoms with van der Waals surface area (Å²) in [6.45, 7) is 3.97. The molecule has 146 valence electrons. The molecule has 3 aromatic heterocycles. The van der Waals surface area contributed by atoms with Crippen molar-refractivity contribution in [3.63, 3.8) is 0 Å². The van der Waals surface area contributed by atoms with Crippen LogP contribution in [-0.4, -0.2) is 58.1 Å². The molecule has 8 heteroatoms. The lowest BCUT2D eigenvalue weighted by Crippen LogP contribution is -2.42. The summed E-state index contributed by atoms with van der Waals surface area (Å²) in [5, 5.41) is 4.17. The number of thiazole rings is 1. The normalized spacial score (nSPS) is 15.2. The first-order valence-corrected chi connectivity index (χ1v) is 10.3. The van der Waals surface area contributed by atoms with Crippen LogP contribution < -0.4 is 10.2 Å². The number of hydrogen-bond donors (Lipinski definition) is 1. The van der Waals surface area contributed by atoms with Crippen LogP contribution in [0.25, 0.3) is 10.4 Å². The Bertz CT molecular complexity index is 917. The van der Waals surface area contributed by atoms with Crippen molar-refractivity contribution in [1.82, 2.24) is 24.8 Å². The average molecular weight is 396 g/mol. The molecule has 1 saturated heterocycles. The number of aryl methyl sites for hydroxylation is 1. The van der Waals surface area contributed by atoms with Gasteiger partial charge in [-0.3, -0.25) is 4.98 Å². The lowest BCUT2D eigenvalue weighted by atomic mass is 10.0. The Morgan fingerprint density at radius 2 is 1.89 bits per heavy atom. The fourth-order valence-corrected chi connectivity index (χ4v) is 4.31. The van der Waals surface area contributed by atoms with E-state index in [-0.39, 0.29) is 0 Å². The van der Waals surface area contributed by atoms with Crippen LogP contribution in [0.4, 0.5) is 16.8 Å². The molecule has 7 nitrogen and oxygen atoms in total. The number of hydrogen-bond acceptors (Lipinski definition) is 8. The Labute approximate surface area is 169 Å². The minimum absolute atomic E-state index is 0.652. The van der Waals surface area contributed by atoms with E-state index < -0.39 is 0 Å². The molecule has 4 heterocycles. The van der Waals surface area contributed by atoms with Gasteiger partial charge in [0.15, 0.2) is 5.13 Å². The zero-order valence-corrected chi connectivity index (χ0v) is 17.3. The summed E-state index contributed by atoms with van der Waals surface area (Å²) in [5.74, 6) is 2.53. The van der Waals surface area contributed by atoms with E-state index in [4.69, 9.17) is 0 Å². The predicted octanol–water partition coefficient (Wildman–Crippen LogP) is 3.58. The summed E-state index contributed by atoms with van der Waals surface area (Å²) < 4.78 is 0. The first kappa shape index (κ1) is 18.8. The molecule has 0 unspecified atom stereocenters. The number of rotatable bonds is 5. The molecule has 1 fully saturated rings. The highest BCUT2D eigenvalue weighted by atomic mass is 32.1. The van der Waals surface area contributed by atoms with Crippen molar-refractivity contribution in [1.29, 1.82) is 0 Å². The molecule has 0 radical (unpaired) electrons. The van der Waals surface area contributed by atoms with Crippen molar-refractivity contribution in [2.45, 2.75) is 25.8 Å². The third kappa shape index (κ3) is 4.28. The van der Waals surface area contributed by atoms with Gasteiger partial charge in [-0.15, -0.1) is 0 Å². The molecule has 3 aromatic rings. The van der Waals surface area contributed by atoms with Crippen LogP contribution in [-0.2, 0) is 0 Å². The van der Waals surface area contributed by atoms with Gasteiger partial charge in [-0.05, 0) is 51.6 Å². The molecule has 28 heavy (non-hydrogen) atoms. The average Bonchev–Trinajstić information content (AvgIpc) is 3.17. The number of nitrogens with zero attached hydrogens (tertiary/aromatic N) is 6. The van der Waals surface area contributed by atoms with Crippen LogP contribution in [0.2, 0.25) is 0 Å². The molecule has 1 aliphatic heterocycles. The van der Waals surface area contributed by atoms with Crippen molar-refractivity contribution >= 4 is 28.1 Å². The van der Waals surface area contributed by atoms with E-state index in [1.54, 1.807) is 23.7 Å². The van der Waals surface area contributed by atoms with Gasteiger partial charge in [-0.1, -0.05) is 11.3 Å². The summed E-state index contributed by atoms with van der Waals surface area (Å²) in [6.07, 6.45) is 7.77. The van der Waals surface area contributed by atoms with E-state index in [1.165, 1.54) is 0 Å². The van der Waals surface area contributed by atoms with Crippen molar-refractivity contribution in [2.24, 2.45) is 0 Å². The zero-order chi connectivity index (χ0) is 19.5. The summed E-state index contributed by atoms with van der Waals surface area (Å²) in [6, 6.07) is 6.65. The highest BCUT2D eigenvalue weighted by Crippen LogP contribution is 2.30. The Morgan fingerprint density at radius 3 is 2.61 bits per heavy atom. The Kier molecular flexibility index (Phi) is 5.50. The number of nitrogens with one attached hydrogen (secondary N) is 1. The fourth-order valence-electron chi connectivity index (χ4n) is 3.48. The molecule has 1 aliphatic rings. The monoisotopic (exact) mass is 395 g/mol. The van der Waals surface area contributed by atoms with E-state index in [0.29, 0.717) is 6.04 Å². The number of anilines is 3. The smallest absolute Gasteiger partial charge is 0.188 e. The molecular formula is C20H25N7S. The van der Waals surface area contributed by atoms with Gasteiger partial charge in [0.1, 0.15) is 17.5 Å². The van der Waals surface area contributed by atoms with Gasteiger partial charge in [0.05, 0.1) is 4.88 Å². The molecule has 1 N–H and O–H groups in total. The van der Waals surface area contributed by atoms with Crippen LogP contribution in [0, 0.1) is 6.92 Å². The fraction of sp³-hybridized carbons (Fsp3) is 0.400. The largest absolute Gasteiger partial charge is 0.356 e. The van der Waals surface area contributed by atoms with Crippen LogP contribution in [0.1, 0.15) is 18.7 Å². The second-order valence-corrected chi connectivity index (χ2v) is 8.26. The minimum Gasteiger partial charge on any atom is -0.356 e. The Balaban J connectivity index is 1.48. The van der Waals surface area contributed by atoms with Crippen LogP contribution in [0.15, 0.2) is 36.8 Å². The molecule has 0 amide bonds. The maximum atomic E-state index is 4.66. The maximum absolute atomic E-state index is 4.66. The van der Waals surface area contributed by atoms with Gasteiger partial charge in [0.25, 0.3) is 0 Å². The SMILES string of the molecule is Cc1nc(Nc2ncc(-c3ccncc3)s2)cc(N2CCC(N(C)C)CC2)n1. The quantitative estimate of drug-likeness (QED) is 0.708. The van der Waals surface area contributed by atoms with Crippen molar-refractivity contribution in [3.05, 3.63) is 42.6 Å². The molecular weight excluding hydrogens is 370 g/mol. The van der Waals surface area contributed by atoms with Gasteiger partial charge in [0, 0.05) is 43.8 Å². The van der Waals surface area contributed by atoms with Crippen molar-refractivity contribution < 1.29 is 0 Å². The van der Waals surface area contributed by atoms with Crippen molar-refractivity contribution in [2.75, 3.05) is 37.4 Å². The summed E-state index contributed by atoms with van der Waals surface area (Å²) >= 11 is 1.60. The number of aromatic nitrogens is 4. The Hall–Kier alpha value is -2.58. The van der Waals surface area contributed by atoms with Crippen LogP contribution >= 0.6 is 11.3 Å². The van der Waals surface area contributed by atoms with E-state index in [2.05, 4.69) is 49.1 Å². The highest BCUT2D eigenvalue weighted by molar-refractivity contribution is 7.18. The molecule has 0 saturated carbocycles. The lowest BCUT2D eigenvalue weighted by molar-refractivity contribution is 0.249. The number of piperidine rings is 1. The van der Waals surface area contributed by atoms with Gasteiger partial charge < -0.3 is 15.1 Å². The first-order chi connectivity index (χ1) is 13.6. The Morgan fingerprint density at radius 1 is 1.14 bits per heavy atom. The van der Waals surface area contributed by atoms with Gasteiger partial charge in [0.2, 0.25) is 0 Å². The predicted molar refractivity (Wildman–Crippen MR) is 114 cm³/mol. The lowest BCUT2D eigenvalue weighted by Gasteiger charge is -2.35. The van der Waals surface area contributed by atoms with E-state index in [0.717, 1.165) is 59.0 Å². The maximum Gasteiger partial charge on any atom is 0.188 e. The molecule has 0 spiro atoms. The minimum atomic E-state index is 0.652. The molecule has 0 bridgehead atoms. The molecule has 4 rings (SSSR count). The van der Waals surface area contributed by atoms with Gasteiger partial charge >= 0.3 is 0 Å². The summed E-state index contributed by atoms with van der Waals surface area (Å²) in [7, 11) is 4.32.